The lowest BCUT2D eigenvalue weighted by molar-refractivity contribution is -0.127. The van der Waals surface area contributed by atoms with Gasteiger partial charge in [-0.25, -0.2) is 4.98 Å². The molecule has 0 N–H and O–H groups in total. The van der Waals surface area contributed by atoms with Crippen molar-refractivity contribution in [3.8, 4) is 11.8 Å². The highest BCUT2D eigenvalue weighted by molar-refractivity contribution is 7.99. The summed E-state index contributed by atoms with van der Waals surface area (Å²) >= 11 is 1.42. The van der Waals surface area contributed by atoms with Crippen molar-refractivity contribution in [1.29, 1.82) is 5.26 Å². The molecule has 0 bridgehead atoms. The van der Waals surface area contributed by atoms with E-state index in [4.69, 9.17) is 10.2 Å². The minimum Gasteiger partial charge on any atom is -0.344 e. The van der Waals surface area contributed by atoms with Gasteiger partial charge in [-0.1, -0.05) is 41.6 Å². The van der Waals surface area contributed by atoms with Crippen molar-refractivity contribution in [2.24, 2.45) is 0 Å². The summed E-state index contributed by atoms with van der Waals surface area (Å²) in [6.45, 7) is 2.51. The van der Waals surface area contributed by atoms with Gasteiger partial charge in [0.15, 0.2) is 5.16 Å². The summed E-state index contributed by atoms with van der Waals surface area (Å²) in [4.78, 5) is 18.6. The highest BCUT2D eigenvalue weighted by Crippen LogP contribution is 2.28. The summed E-state index contributed by atoms with van der Waals surface area (Å²) < 4.78 is 2.09. The van der Waals surface area contributed by atoms with Crippen molar-refractivity contribution in [2.75, 3.05) is 19.3 Å². The first kappa shape index (κ1) is 18.0. The standard InChI is InChI=1S/C20H20N4OS/c1-15-8-10-16(11-9-15)24-18-7-4-3-6-17(18)22-20(24)26-14-19(25)23(2)13-5-12-21/h3-4,6-11H,5,13-14H2,1-2H3. The Balaban J connectivity index is 1.88. The fourth-order valence-corrected chi connectivity index (χ4v) is 3.59. The summed E-state index contributed by atoms with van der Waals surface area (Å²) in [6.07, 6.45) is 0.342. The zero-order valence-corrected chi connectivity index (χ0v) is 15.7. The van der Waals surface area contributed by atoms with Gasteiger partial charge in [0.1, 0.15) is 0 Å². The Kier molecular flexibility index (Phi) is 5.59. The molecule has 0 saturated heterocycles. The van der Waals surface area contributed by atoms with Crippen molar-refractivity contribution < 1.29 is 4.79 Å². The zero-order valence-electron chi connectivity index (χ0n) is 14.8. The van der Waals surface area contributed by atoms with Crippen molar-refractivity contribution in [3.63, 3.8) is 0 Å². The van der Waals surface area contributed by atoms with E-state index in [1.165, 1.54) is 17.3 Å². The maximum Gasteiger partial charge on any atom is 0.232 e. The molecule has 0 atom stereocenters. The molecule has 1 heterocycles. The van der Waals surface area contributed by atoms with Crippen LogP contribution in [0.1, 0.15) is 12.0 Å². The van der Waals surface area contributed by atoms with Gasteiger partial charge in [-0.05, 0) is 31.2 Å². The number of imidazole rings is 1. The molecule has 0 fully saturated rings. The number of hydrogen-bond acceptors (Lipinski definition) is 4. The number of aryl methyl sites for hydroxylation is 1. The van der Waals surface area contributed by atoms with E-state index in [9.17, 15) is 4.79 Å². The van der Waals surface area contributed by atoms with E-state index in [0.717, 1.165) is 21.9 Å². The van der Waals surface area contributed by atoms with Crippen LogP contribution in [-0.2, 0) is 4.79 Å². The van der Waals surface area contributed by atoms with Crippen LogP contribution in [0.15, 0.2) is 53.7 Å². The minimum atomic E-state index is -0.00670. The summed E-state index contributed by atoms with van der Waals surface area (Å²) in [7, 11) is 1.73. The van der Waals surface area contributed by atoms with Crippen LogP contribution in [0.25, 0.3) is 16.7 Å². The molecule has 2 aromatic carbocycles. The van der Waals surface area contributed by atoms with Gasteiger partial charge in [-0.2, -0.15) is 5.26 Å². The smallest absolute Gasteiger partial charge is 0.232 e. The number of nitrogens with zero attached hydrogens (tertiary/aromatic N) is 4. The Bertz CT molecular complexity index is 956. The van der Waals surface area contributed by atoms with Gasteiger partial charge in [-0.3, -0.25) is 9.36 Å². The largest absolute Gasteiger partial charge is 0.344 e. The van der Waals surface area contributed by atoms with Crippen molar-refractivity contribution in [2.45, 2.75) is 18.5 Å². The summed E-state index contributed by atoms with van der Waals surface area (Å²) in [6, 6.07) is 18.3. The van der Waals surface area contributed by atoms with E-state index in [1.807, 2.05) is 24.3 Å². The summed E-state index contributed by atoms with van der Waals surface area (Å²) in [5.41, 5.74) is 4.14. The number of benzene rings is 2. The van der Waals surface area contributed by atoms with Crippen molar-refractivity contribution in [1.82, 2.24) is 14.5 Å². The Morgan fingerprint density at radius 1 is 1.23 bits per heavy atom. The zero-order chi connectivity index (χ0) is 18.5. The molecular weight excluding hydrogens is 344 g/mol. The van der Waals surface area contributed by atoms with Crippen LogP contribution in [-0.4, -0.2) is 39.7 Å². The number of fused-ring (bicyclic) bond motifs is 1. The van der Waals surface area contributed by atoms with Gasteiger partial charge in [0.2, 0.25) is 5.91 Å². The number of amides is 1. The van der Waals surface area contributed by atoms with E-state index >= 15 is 0 Å². The highest BCUT2D eigenvalue weighted by Gasteiger charge is 2.16. The van der Waals surface area contributed by atoms with Crippen LogP contribution in [0.4, 0.5) is 0 Å². The number of thioether (sulfide) groups is 1. The molecule has 1 aromatic heterocycles. The SMILES string of the molecule is Cc1ccc(-n2c(SCC(=O)N(C)CCC#N)nc3ccccc32)cc1. The fraction of sp³-hybridized carbons (Fsp3) is 0.250. The molecule has 0 aliphatic heterocycles. The highest BCUT2D eigenvalue weighted by atomic mass is 32.2. The second-order valence-electron chi connectivity index (χ2n) is 6.07. The monoisotopic (exact) mass is 364 g/mol. The van der Waals surface area contributed by atoms with Crippen LogP contribution in [0.3, 0.4) is 0 Å². The molecule has 132 valence electrons. The Hall–Kier alpha value is -2.78. The molecule has 1 amide bonds. The second-order valence-corrected chi connectivity index (χ2v) is 7.01. The molecule has 26 heavy (non-hydrogen) atoms. The first-order valence-electron chi connectivity index (χ1n) is 8.38. The van der Waals surface area contributed by atoms with Gasteiger partial charge < -0.3 is 4.90 Å². The lowest BCUT2D eigenvalue weighted by Gasteiger charge is -2.15. The third kappa shape index (κ3) is 3.89. The number of carbonyl (C=O) groups excluding carboxylic acids is 1. The Morgan fingerprint density at radius 3 is 2.69 bits per heavy atom. The quantitative estimate of drug-likeness (QED) is 0.624. The summed E-state index contributed by atoms with van der Waals surface area (Å²) in [5, 5.41) is 9.45. The van der Waals surface area contributed by atoms with E-state index in [1.54, 1.807) is 11.9 Å². The van der Waals surface area contributed by atoms with Crippen LogP contribution in [0, 0.1) is 18.3 Å². The minimum absolute atomic E-state index is 0.00670. The topological polar surface area (TPSA) is 61.9 Å². The molecular formula is C20H20N4OS. The predicted molar refractivity (Wildman–Crippen MR) is 104 cm³/mol. The lowest BCUT2D eigenvalue weighted by Crippen LogP contribution is -2.29. The third-order valence-corrected chi connectivity index (χ3v) is 5.06. The molecule has 3 rings (SSSR count). The molecule has 6 heteroatoms. The van der Waals surface area contributed by atoms with Crippen LogP contribution >= 0.6 is 11.8 Å². The molecule has 0 spiro atoms. The maximum absolute atomic E-state index is 12.3. The van der Waals surface area contributed by atoms with E-state index in [0.29, 0.717) is 13.0 Å². The second kappa shape index (κ2) is 8.07. The molecule has 0 radical (unpaired) electrons. The molecule has 0 aliphatic carbocycles. The molecule has 0 unspecified atom stereocenters. The number of carbonyl (C=O) groups is 1. The number of para-hydroxylation sites is 2. The number of aromatic nitrogens is 2. The van der Waals surface area contributed by atoms with Gasteiger partial charge >= 0.3 is 0 Å². The number of rotatable bonds is 6. The van der Waals surface area contributed by atoms with Crippen LogP contribution < -0.4 is 0 Å². The van der Waals surface area contributed by atoms with Crippen LogP contribution in [0.2, 0.25) is 0 Å². The third-order valence-electron chi connectivity index (χ3n) is 4.13. The van der Waals surface area contributed by atoms with E-state index in [-0.39, 0.29) is 11.7 Å². The van der Waals surface area contributed by atoms with Gasteiger partial charge in [0.25, 0.3) is 0 Å². The molecule has 0 aliphatic rings. The van der Waals surface area contributed by atoms with E-state index < -0.39 is 0 Å². The summed E-state index contributed by atoms with van der Waals surface area (Å²) in [5.74, 6) is 0.282. The average molecular weight is 364 g/mol. The Labute approximate surface area is 157 Å². The maximum atomic E-state index is 12.3. The average Bonchev–Trinajstić information content (AvgIpc) is 3.03. The normalized spacial score (nSPS) is 10.7. The van der Waals surface area contributed by atoms with Crippen LogP contribution in [0.5, 0.6) is 0 Å². The molecule has 0 saturated carbocycles. The lowest BCUT2D eigenvalue weighted by atomic mass is 10.2. The van der Waals surface area contributed by atoms with Gasteiger partial charge in [0, 0.05) is 19.3 Å². The van der Waals surface area contributed by atoms with Crippen molar-refractivity contribution >= 4 is 28.7 Å². The molecule has 5 nitrogen and oxygen atoms in total. The van der Waals surface area contributed by atoms with Crippen molar-refractivity contribution in [3.05, 3.63) is 54.1 Å². The van der Waals surface area contributed by atoms with Gasteiger partial charge in [-0.15, -0.1) is 0 Å². The van der Waals surface area contributed by atoms with E-state index in [2.05, 4.69) is 41.8 Å². The molecule has 3 aromatic rings. The number of hydrogen-bond donors (Lipinski definition) is 0. The predicted octanol–water partition coefficient (Wildman–Crippen LogP) is 3.80. The first-order valence-corrected chi connectivity index (χ1v) is 9.37. The fourth-order valence-electron chi connectivity index (χ4n) is 2.62. The first-order chi connectivity index (χ1) is 12.6. The van der Waals surface area contributed by atoms with Gasteiger partial charge in [0.05, 0.1) is 29.3 Å². The Morgan fingerprint density at radius 2 is 1.96 bits per heavy atom. The number of nitriles is 1.